The Balaban J connectivity index is 2.14. The SMILES string of the molecule is Cc1ncnc2oc(-c3ccco3)c(-c3ccco3)c12. The summed E-state index contributed by atoms with van der Waals surface area (Å²) in [7, 11) is 0. The van der Waals surface area contributed by atoms with Crippen molar-refractivity contribution >= 4 is 11.1 Å². The maximum Gasteiger partial charge on any atom is 0.230 e. The molecule has 0 aliphatic carbocycles. The first-order valence-corrected chi connectivity index (χ1v) is 6.16. The van der Waals surface area contributed by atoms with Crippen LogP contribution in [0, 0.1) is 6.92 Å². The molecule has 4 heterocycles. The van der Waals surface area contributed by atoms with Gasteiger partial charge >= 0.3 is 0 Å². The molecule has 0 aliphatic rings. The van der Waals surface area contributed by atoms with Crippen molar-refractivity contribution in [3.05, 3.63) is 48.8 Å². The molecule has 0 aliphatic heterocycles. The van der Waals surface area contributed by atoms with Gasteiger partial charge in [0.15, 0.2) is 11.5 Å². The first-order chi connectivity index (χ1) is 9.84. The van der Waals surface area contributed by atoms with E-state index in [1.165, 1.54) is 6.33 Å². The highest BCUT2D eigenvalue weighted by Crippen LogP contribution is 2.41. The molecule has 20 heavy (non-hydrogen) atoms. The van der Waals surface area contributed by atoms with Crippen LogP contribution in [0.5, 0.6) is 0 Å². The van der Waals surface area contributed by atoms with E-state index in [9.17, 15) is 0 Å². The van der Waals surface area contributed by atoms with E-state index < -0.39 is 0 Å². The van der Waals surface area contributed by atoms with Gasteiger partial charge in [-0.25, -0.2) is 9.97 Å². The first kappa shape index (κ1) is 11.0. The number of furan rings is 3. The summed E-state index contributed by atoms with van der Waals surface area (Å²) in [6.45, 7) is 1.91. The van der Waals surface area contributed by atoms with E-state index in [0.717, 1.165) is 16.6 Å². The van der Waals surface area contributed by atoms with Gasteiger partial charge in [0.1, 0.15) is 12.1 Å². The van der Waals surface area contributed by atoms with Crippen molar-refractivity contribution in [2.75, 3.05) is 0 Å². The van der Waals surface area contributed by atoms with Gasteiger partial charge in [0, 0.05) is 0 Å². The van der Waals surface area contributed by atoms with Gasteiger partial charge in [-0.15, -0.1) is 0 Å². The number of nitrogens with zero attached hydrogens (tertiary/aromatic N) is 2. The second-order valence-electron chi connectivity index (χ2n) is 4.40. The van der Waals surface area contributed by atoms with Crippen molar-refractivity contribution in [3.8, 4) is 22.8 Å². The minimum Gasteiger partial charge on any atom is -0.464 e. The van der Waals surface area contributed by atoms with Crippen molar-refractivity contribution in [2.24, 2.45) is 0 Å². The molecule has 0 unspecified atom stereocenters. The molecule has 0 bridgehead atoms. The van der Waals surface area contributed by atoms with Gasteiger partial charge in [-0.1, -0.05) is 0 Å². The highest BCUT2D eigenvalue weighted by atomic mass is 16.4. The van der Waals surface area contributed by atoms with E-state index in [2.05, 4.69) is 9.97 Å². The van der Waals surface area contributed by atoms with E-state index in [-0.39, 0.29) is 0 Å². The number of fused-ring (bicyclic) bond motifs is 1. The Labute approximate surface area is 113 Å². The van der Waals surface area contributed by atoms with Gasteiger partial charge in [-0.05, 0) is 31.2 Å². The molecule has 5 nitrogen and oxygen atoms in total. The second kappa shape index (κ2) is 4.09. The van der Waals surface area contributed by atoms with E-state index in [4.69, 9.17) is 13.3 Å². The standard InChI is InChI=1S/C15H10N2O3/c1-9-12-13(10-4-2-6-18-10)14(11-5-3-7-19-11)20-15(12)17-8-16-9/h2-8H,1H3. The molecule has 4 rings (SSSR count). The van der Waals surface area contributed by atoms with Crippen molar-refractivity contribution < 1.29 is 13.3 Å². The van der Waals surface area contributed by atoms with Crippen molar-refractivity contribution in [3.63, 3.8) is 0 Å². The van der Waals surface area contributed by atoms with Gasteiger partial charge < -0.3 is 13.3 Å². The van der Waals surface area contributed by atoms with Crippen LogP contribution in [-0.4, -0.2) is 9.97 Å². The van der Waals surface area contributed by atoms with Gasteiger partial charge in [-0.3, -0.25) is 0 Å². The van der Waals surface area contributed by atoms with E-state index in [0.29, 0.717) is 23.0 Å². The summed E-state index contributed by atoms with van der Waals surface area (Å²) in [4.78, 5) is 8.41. The zero-order valence-corrected chi connectivity index (χ0v) is 10.7. The molecular weight excluding hydrogens is 256 g/mol. The maximum atomic E-state index is 5.84. The highest BCUT2D eigenvalue weighted by molar-refractivity contribution is 5.99. The van der Waals surface area contributed by atoms with Crippen LogP contribution < -0.4 is 0 Å². The summed E-state index contributed by atoms with van der Waals surface area (Å²) in [5.74, 6) is 1.94. The summed E-state index contributed by atoms with van der Waals surface area (Å²) >= 11 is 0. The third-order valence-electron chi connectivity index (χ3n) is 3.19. The molecule has 0 atom stereocenters. The summed E-state index contributed by atoms with van der Waals surface area (Å²) in [5, 5.41) is 0.842. The normalized spacial score (nSPS) is 11.2. The fourth-order valence-electron chi connectivity index (χ4n) is 2.32. The van der Waals surface area contributed by atoms with E-state index in [1.54, 1.807) is 12.5 Å². The lowest BCUT2D eigenvalue weighted by Crippen LogP contribution is -1.85. The maximum absolute atomic E-state index is 5.84. The van der Waals surface area contributed by atoms with Crippen LogP contribution in [0.1, 0.15) is 5.69 Å². The molecule has 0 radical (unpaired) electrons. The van der Waals surface area contributed by atoms with Crippen LogP contribution in [0.4, 0.5) is 0 Å². The summed E-state index contributed by atoms with van der Waals surface area (Å²) in [6.07, 6.45) is 4.71. The largest absolute Gasteiger partial charge is 0.464 e. The van der Waals surface area contributed by atoms with Crippen LogP contribution in [0.25, 0.3) is 33.9 Å². The van der Waals surface area contributed by atoms with Crippen LogP contribution in [-0.2, 0) is 0 Å². The Hall–Kier alpha value is -2.82. The molecule has 0 fully saturated rings. The Morgan fingerprint density at radius 2 is 1.70 bits per heavy atom. The van der Waals surface area contributed by atoms with Crippen LogP contribution in [0.2, 0.25) is 0 Å². The zero-order chi connectivity index (χ0) is 13.5. The highest BCUT2D eigenvalue weighted by Gasteiger charge is 2.23. The van der Waals surface area contributed by atoms with Crippen molar-refractivity contribution in [2.45, 2.75) is 6.92 Å². The fraction of sp³-hybridized carbons (Fsp3) is 0.0667. The first-order valence-electron chi connectivity index (χ1n) is 6.16. The molecule has 98 valence electrons. The van der Waals surface area contributed by atoms with Crippen LogP contribution in [0.3, 0.4) is 0 Å². The van der Waals surface area contributed by atoms with Gasteiger partial charge in [0.2, 0.25) is 5.71 Å². The smallest absolute Gasteiger partial charge is 0.230 e. The molecule has 0 amide bonds. The monoisotopic (exact) mass is 266 g/mol. The predicted octanol–water partition coefficient (Wildman–Crippen LogP) is 4.05. The average Bonchev–Trinajstić information content (AvgIpc) is 3.18. The number of rotatable bonds is 2. The average molecular weight is 266 g/mol. The fourth-order valence-corrected chi connectivity index (χ4v) is 2.32. The van der Waals surface area contributed by atoms with Crippen LogP contribution >= 0.6 is 0 Å². The Morgan fingerprint density at radius 3 is 2.40 bits per heavy atom. The Morgan fingerprint density at radius 1 is 0.950 bits per heavy atom. The molecule has 5 heteroatoms. The zero-order valence-electron chi connectivity index (χ0n) is 10.7. The lowest BCUT2D eigenvalue weighted by molar-refractivity contribution is 0.536. The lowest BCUT2D eigenvalue weighted by Gasteiger charge is -1.98. The van der Waals surface area contributed by atoms with Gasteiger partial charge in [0.25, 0.3) is 0 Å². The topological polar surface area (TPSA) is 65.2 Å². The van der Waals surface area contributed by atoms with Crippen molar-refractivity contribution in [1.29, 1.82) is 0 Å². The molecule has 0 aromatic carbocycles. The number of aromatic nitrogens is 2. The minimum atomic E-state index is 0.523. The molecule has 4 aromatic rings. The Kier molecular flexibility index (Phi) is 2.26. The molecule has 0 saturated heterocycles. The van der Waals surface area contributed by atoms with Gasteiger partial charge in [-0.2, -0.15) is 0 Å². The molecular formula is C15H10N2O3. The van der Waals surface area contributed by atoms with Gasteiger partial charge in [0.05, 0.1) is 29.2 Å². The predicted molar refractivity (Wildman–Crippen MR) is 71.9 cm³/mol. The number of hydrogen-bond acceptors (Lipinski definition) is 5. The minimum absolute atomic E-state index is 0.523. The van der Waals surface area contributed by atoms with E-state index in [1.807, 2.05) is 31.2 Å². The number of aryl methyl sites for hydroxylation is 1. The van der Waals surface area contributed by atoms with E-state index >= 15 is 0 Å². The molecule has 0 saturated carbocycles. The van der Waals surface area contributed by atoms with Crippen molar-refractivity contribution in [1.82, 2.24) is 9.97 Å². The summed E-state index contributed by atoms with van der Waals surface area (Å²) < 4.78 is 16.8. The summed E-state index contributed by atoms with van der Waals surface area (Å²) in [5.41, 5.74) is 2.18. The summed E-state index contributed by atoms with van der Waals surface area (Å²) in [6, 6.07) is 7.36. The third kappa shape index (κ3) is 1.50. The molecule has 4 aromatic heterocycles. The van der Waals surface area contributed by atoms with Crippen LogP contribution in [0.15, 0.2) is 56.4 Å². The lowest BCUT2D eigenvalue weighted by atomic mass is 10.1. The molecule has 0 N–H and O–H groups in total. The molecule has 0 spiro atoms. The Bertz CT molecular complexity index is 858. The number of hydrogen-bond donors (Lipinski definition) is 0. The second-order valence-corrected chi connectivity index (χ2v) is 4.40. The third-order valence-corrected chi connectivity index (χ3v) is 3.19. The quantitative estimate of drug-likeness (QED) is 0.547.